The van der Waals surface area contributed by atoms with E-state index in [1.807, 2.05) is 24.3 Å². The van der Waals surface area contributed by atoms with E-state index in [1.165, 1.54) is 11.1 Å². The van der Waals surface area contributed by atoms with Crippen LogP contribution in [0.3, 0.4) is 0 Å². The van der Waals surface area contributed by atoms with Gasteiger partial charge in [-0.1, -0.05) is 48.5 Å². The summed E-state index contributed by atoms with van der Waals surface area (Å²) >= 11 is 0. The van der Waals surface area contributed by atoms with Crippen molar-refractivity contribution in [3.63, 3.8) is 0 Å². The summed E-state index contributed by atoms with van der Waals surface area (Å²) < 4.78 is 5.63. The van der Waals surface area contributed by atoms with Gasteiger partial charge in [0.05, 0.1) is 5.92 Å². The maximum atomic E-state index is 12.9. The first kappa shape index (κ1) is 22.4. The summed E-state index contributed by atoms with van der Waals surface area (Å²) in [5.74, 6) is -1.20. The molecule has 3 N–H and O–H groups in total. The Morgan fingerprint density at radius 1 is 0.882 bits per heavy atom. The molecule has 2 aromatic carbocycles. The maximum absolute atomic E-state index is 12.9. The number of rotatable bonds is 7. The number of aliphatic carboxylic acids is 1. The summed E-state index contributed by atoms with van der Waals surface area (Å²) in [5, 5.41) is 15.0. The van der Waals surface area contributed by atoms with Crippen LogP contribution in [0.1, 0.15) is 55.6 Å². The molecule has 0 radical (unpaired) electrons. The standard InChI is InChI=1S/C27H30N2O5/c30-25(28-18-13-11-17(12-14-18)26(31)32)24(16-9-10-16)29-27(33)34-15-23-21-7-3-1-5-19(21)20-6-2-4-8-22(20)23/h1-8,16-18,23-24H,9-15H2,(H,28,30)(H,29,33)(H,31,32). The van der Waals surface area contributed by atoms with Gasteiger partial charge >= 0.3 is 12.1 Å². The number of ether oxygens (including phenoxy) is 1. The Balaban J connectivity index is 1.18. The molecule has 3 aliphatic carbocycles. The van der Waals surface area contributed by atoms with Crippen LogP contribution in [0.4, 0.5) is 4.79 Å². The van der Waals surface area contributed by atoms with Crippen LogP contribution in [-0.2, 0) is 14.3 Å². The van der Waals surface area contributed by atoms with E-state index in [0.717, 1.165) is 24.0 Å². The van der Waals surface area contributed by atoms with Crippen molar-refractivity contribution in [1.82, 2.24) is 10.6 Å². The Labute approximate surface area is 198 Å². The van der Waals surface area contributed by atoms with Crippen LogP contribution in [0, 0.1) is 11.8 Å². The first-order chi connectivity index (χ1) is 16.5. The highest BCUT2D eigenvalue weighted by atomic mass is 16.5. The van der Waals surface area contributed by atoms with Gasteiger partial charge in [-0.3, -0.25) is 9.59 Å². The van der Waals surface area contributed by atoms with E-state index in [4.69, 9.17) is 9.84 Å². The van der Waals surface area contributed by atoms with Gasteiger partial charge in [0.15, 0.2) is 0 Å². The van der Waals surface area contributed by atoms with E-state index in [0.29, 0.717) is 25.7 Å². The van der Waals surface area contributed by atoms with Crippen molar-refractivity contribution in [2.45, 2.75) is 56.5 Å². The van der Waals surface area contributed by atoms with Gasteiger partial charge in [-0.25, -0.2) is 4.79 Å². The summed E-state index contributed by atoms with van der Waals surface area (Å²) in [7, 11) is 0. The van der Waals surface area contributed by atoms with Gasteiger partial charge in [-0.2, -0.15) is 0 Å². The minimum Gasteiger partial charge on any atom is -0.481 e. The van der Waals surface area contributed by atoms with Crippen molar-refractivity contribution >= 4 is 18.0 Å². The van der Waals surface area contributed by atoms with Crippen LogP contribution in [0.15, 0.2) is 48.5 Å². The fraction of sp³-hybridized carbons (Fsp3) is 0.444. The van der Waals surface area contributed by atoms with Crippen LogP contribution < -0.4 is 10.6 Å². The van der Waals surface area contributed by atoms with Crippen molar-refractivity contribution in [3.8, 4) is 11.1 Å². The third-order valence-corrected chi connectivity index (χ3v) is 7.42. The van der Waals surface area contributed by atoms with E-state index < -0.39 is 18.1 Å². The number of carboxylic acid groups (broad SMARTS) is 1. The molecule has 7 heteroatoms. The van der Waals surface area contributed by atoms with E-state index >= 15 is 0 Å². The number of nitrogens with one attached hydrogen (secondary N) is 2. The first-order valence-electron chi connectivity index (χ1n) is 12.2. The van der Waals surface area contributed by atoms with Gasteiger partial charge in [-0.05, 0) is 66.7 Å². The van der Waals surface area contributed by atoms with Gasteiger partial charge in [0, 0.05) is 12.0 Å². The lowest BCUT2D eigenvalue weighted by molar-refractivity contribution is -0.142. The van der Waals surface area contributed by atoms with E-state index in [2.05, 4.69) is 34.9 Å². The number of carbonyl (C=O) groups excluding carboxylic acids is 2. The third kappa shape index (κ3) is 4.65. The zero-order valence-corrected chi connectivity index (χ0v) is 19.0. The molecule has 2 aromatic rings. The van der Waals surface area contributed by atoms with Crippen LogP contribution in [0.2, 0.25) is 0 Å². The average Bonchev–Trinajstić information content (AvgIpc) is 3.64. The number of carboxylic acids is 1. The molecule has 3 aliphatic rings. The lowest BCUT2D eigenvalue weighted by Gasteiger charge is -2.28. The van der Waals surface area contributed by atoms with Gasteiger partial charge in [0.2, 0.25) is 5.91 Å². The van der Waals surface area contributed by atoms with E-state index in [-0.39, 0.29) is 36.3 Å². The average molecular weight is 463 g/mol. The minimum atomic E-state index is -0.766. The minimum absolute atomic E-state index is 0.0317. The molecule has 1 atom stereocenters. The molecule has 0 heterocycles. The highest BCUT2D eigenvalue weighted by Gasteiger charge is 2.39. The monoisotopic (exact) mass is 462 g/mol. The highest BCUT2D eigenvalue weighted by molar-refractivity contribution is 5.86. The zero-order valence-electron chi connectivity index (χ0n) is 19.0. The summed E-state index contributed by atoms with van der Waals surface area (Å²) in [5.41, 5.74) is 4.62. The van der Waals surface area contributed by atoms with Crippen LogP contribution >= 0.6 is 0 Å². The van der Waals surface area contributed by atoms with Crippen LogP contribution in [0.5, 0.6) is 0 Å². The Hall–Kier alpha value is -3.35. The summed E-state index contributed by atoms with van der Waals surface area (Å²) in [6, 6.07) is 15.7. The number of hydrogen-bond acceptors (Lipinski definition) is 4. The molecule has 0 aliphatic heterocycles. The van der Waals surface area contributed by atoms with Gasteiger partial charge in [0.1, 0.15) is 12.6 Å². The van der Waals surface area contributed by atoms with Gasteiger partial charge in [0.25, 0.3) is 0 Å². The van der Waals surface area contributed by atoms with Crippen molar-refractivity contribution in [3.05, 3.63) is 59.7 Å². The SMILES string of the molecule is O=C(NC(C(=O)NC1CCC(C(=O)O)CC1)C1CC1)OCC1c2ccccc2-c2ccccc21. The van der Waals surface area contributed by atoms with Crippen molar-refractivity contribution in [2.75, 3.05) is 6.61 Å². The number of hydrogen-bond donors (Lipinski definition) is 3. The topological polar surface area (TPSA) is 105 Å². The summed E-state index contributed by atoms with van der Waals surface area (Å²) in [4.78, 5) is 36.8. The largest absolute Gasteiger partial charge is 0.481 e. The normalized spacial score (nSPS) is 22.2. The third-order valence-electron chi connectivity index (χ3n) is 7.42. The molecule has 1 unspecified atom stereocenters. The summed E-state index contributed by atoms with van der Waals surface area (Å²) in [6.45, 7) is 0.206. The molecule has 0 bridgehead atoms. The number of carbonyl (C=O) groups is 3. The Morgan fingerprint density at radius 2 is 1.47 bits per heavy atom. The van der Waals surface area contributed by atoms with Crippen molar-refractivity contribution < 1.29 is 24.2 Å². The smallest absolute Gasteiger partial charge is 0.407 e. The predicted octanol–water partition coefficient (Wildman–Crippen LogP) is 4.06. The first-order valence-corrected chi connectivity index (χ1v) is 12.2. The van der Waals surface area contributed by atoms with Gasteiger partial charge in [-0.15, -0.1) is 0 Å². The molecule has 0 aromatic heterocycles. The molecule has 2 fully saturated rings. The number of fused-ring (bicyclic) bond motifs is 3. The molecule has 0 saturated heterocycles. The fourth-order valence-electron chi connectivity index (χ4n) is 5.37. The van der Waals surface area contributed by atoms with Crippen molar-refractivity contribution in [1.29, 1.82) is 0 Å². The maximum Gasteiger partial charge on any atom is 0.407 e. The molecule has 178 valence electrons. The molecule has 7 nitrogen and oxygen atoms in total. The molecule has 2 amide bonds. The zero-order chi connectivity index (χ0) is 23.7. The Kier molecular flexibility index (Phi) is 6.26. The predicted molar refractivity (Wildman–Crippen MR) is 126 cm³/mol. The number of benzene rings is 2. The lowest BCUT2D eigenvalue weighted by Crippen LogP contribution is -2.51. The number of alkyl carbamates (subject to hydrolysis) is 1. The highest BCUT2D eigenvalue weighted by Crippen LogP contribution is 2.44. The molecule has 34 heavy (non-hydrogen) atoms. The second-order valence-electron chi connectivity index (χ2n) is 9.68. The summed E-state index contributed by atoms with van der Waals surface area (Å²) in [6.07, 6.45) is 3.63. The quantitative estimate of drug-likeness (QED) is 0.576. The molecule has 2 saturated carbocycles. The molecule has 5 rings (SSSR count). The molecular weight excluding hydrogens is 432 g/mol. The van der Waals surface area contributed by atoms with E-state index in [9.17, 15) is 14.4 Å². The second-order valence-corrected chi connectivity index (χ2v) is 9.68. The molecule has 0 spiro atoms. The van der Waals surface area contributed by atoms with Crippen LogP contribution in [0.25, 0.3) is 11.1 Å². The Morgan fingerprint density at radius 3 is 2.03 bits per heavy atom. The van der Waals surface area contributed by atoms with Crippen molar-refractivity contribution in [2.24, 2.45) is 11.8 Å². The van der Waals surface area contributed by atoms with Gasteiger partial charge < -0.3 is 20.5 Å². The lowest BCUT2D eigenvalue weighted by atomic mass is 9.86. The molecular formula is C27H30N2O5. The second kappa shape index (κ2) is 9.49. The fourth-order valence-corrected chi connectivity index (χ4v) is 5.37. The van der Waals surface area contributed by atoms with Crippen LogP contribution in [-0.4, -0.2) is 41.8 Å². The number of amides is 2. The Bertz CT molecular complexity index is 1040. The van der Waals surface area contributed by atoms with E-state index in [1.54, 1.807) is 0 Å².